The molecule has 0 aliphatic carbocycles. The number of hydrogen-bond donors (Lipinski definition) is 1. The molecule has 1 aromatic heterocycles. The van der Waals surface area contributed by atoms with Crippen molar-refractivity contribution in [2.75, 3.05) is 30.4 Å². The molecule has 1 saturated heterocycles. The van der Waals surface area contributed by atoms with Crippen LogP contribution < -0.4 is 10.2 Å². The van der Waals surface area contributed by atoms with Gasteiger partial charge in [0.25, 0.3) is 0 Å². The number of hydrogen-bond acceptors (Lipinski definition) is 4. The SMILES string of the molecule is CNc1cncc(N2CCC(C(C)C)C2)n1. The zero-order valence-corrected chi connectivity index (χ0v) is 10.3. The van der Waals surface area contributed by atoms with E-state index >= 15 is 0 Å². The molecule has 1 aliphatic rings. The minimum absolute atomic E-state index is 0.755. The van der Waals surface area contributed by atoms with E-state index in [1.54, 1.807) is 6.20 Å². The summed E-state index contributed by atoms with van der Waals surface area (Å²) in [6, 6.07) is 0. The van der Waals surface area contributed by atoms with E-state index in [0.717, 1.165) is 36.6 Å². The summed E-state index contributed by atoms with van der Waals surface area (Å²) in [6.45, 7) is 6.80. The lowest BCUT2D eigenvalue weighted by atomic mass is 9.95. The molecule has 0 amide bonds. The molecule has 0 radical (unpaired) electrons. The molecule has 1 atom stereocenters. The second-order valence-electron chi connectivity index (χ2n) is 4.75. The maximum Gasteiger partial charge on any atom is 0.149 e. The van der Waals surface area contributed by atoms with Crippen LogP contribution in [0.25, 0.3) is 0 Å². The lowest BCUT2D eigenvalue weighted by Gasteiger charge is -2.19. The van der Waals surface area contributed by atoms with E-state index in [0.29, 0.717) is 0 Å². The first-order valence-corrected chi connectivity index (χ1v) is 5.95. The van der Waals surface area contributed by atoms with Gasteiger partial charge in [0.1, 0.15) is 11.6 Å². The standard InChI is InChI=1S/C12H20N4/c1-9(2)10-4-5-16(8-10)12-7-14-6-11(13-3)15-12/h6-7,9-10H,4-5,8H2,1-3H3,(H,13,15). The second-order valence-corrected chi connectivity index (χ2v) is 4.75. The minimum Gasteiger partial charge on any atom is -0.372 e. The summed E-state index contributed by atoms with van der Waals surface area (Å²) >= 11 is 0. The van der Waals surface area contributed by atoms with Gasteiger partial charge in [-0.3, -0.25) is 4.98 Å². The van der Waals surface area contributed by atoms with Crippen LogP contribution in [0.4, 0.5) is 11.6 Å². The molecule has 0 bridgehead atoms. The first kappa shape index (κ1) is 11.2. The van der Waals surface area contributed by atoms with Crippen molar-refractivity contribution in [3.63, 3.8) is 0 Å². The first-order chi connectivity index (χ1) is 7.70. The Morgan fingerprint density at radius 1 is 1.44 bits per heavy atom. The Bertz CT molecular complexity index is 351. The van der Waals surface area contributed by atoms with Gasteiger partial charge < -0.3 is 10.2 Å². The summed E-state index contributed by atoms with van der Waals surface area (Å²) in [4.78, 5) is 11.1. The quantitative estimate of drug-likeness (QED) is 0.846. The van der Waals surface area contributed by atoms with E-state index in [-0.39, 0.29) is 0 Å². The van der Waals surface area contributed by atoms with Crippen molar-refractivity contribution in [2.45, 2.75) is 20.3 Å². The van der Waals surface area contributed by atoms with Gasteiger partial charge in [0, 0.05) is 20.1 Å². The van der Waals surface area contributed by atoms with Crippen molar-refractivity contribution >= 4 is 11.6 Å². The molecular formula is C12H20N4. The van der Waals surface area contributed by atoms with Crippen molar-refractivity contribution in [3.8, 4) is 0 Å². The molecule has 1 unspecified atom stereocenters. The van der Waals surface area contributed by atoms with Crippen molar-refractivity contribution in [1.82, 2.24) is 9.97 Å². The van der Waals surface area contributed by atoms with Crippen LogP contribution in [0.3, 0.4) is 0 Å². The van der Waals surface area contributed by atoms with E-state index in [9.17, 15) is 0 Å². The zero-order chi connectivity index (χ0) is 11.5. The second kappa shape index (κ2) is 4.68. The summed E-state index contributed by atoms with van der Waals surface area (Å²) in [6.07, 6.45) is 4.87. The van der Waals surface area contributed by atoms with Gasteiger partial charge in [-0.1, -0.05) is 13.8 Å². The van der Waals surface area contributed by atoms with Crippen LogP contribution in [0.2, 0.25) is 0 Å². The van der Waals surface area contributed by atoms with Crippen LogP contribution >= 0.6 is 0 Å². The molecule has 2 rings (SSSR count). The molecule has 0 spiro atoms. The van der Waals surface area contributed by atoms with E-state index in [4.69, 9.17) is 0 Å². The number of anilines is 2. The summed E-state index contributed by atoms with van der Waals surface area (Å²) in [5.41, 5.74) is 0. The molecule has 2 heterocycles. The largest absolute Gasteiger partial charge is 0.372 e. The topological polar surface area (TPSA) is 41.1 Å². The molecule has 4 heteroatoms. The van der Waals surface area contributed by atoms with Gasteiger partial charge in [0.2, 0.25) is 0 Å². The van der Waals surface area contributed by atoms with E-state index in [2.05, 4.69) is 34.0 Å². The maximum atomic E-state index is 4.52. The molecule has 1 N–H and O–H groups in total. The Labute approximate surface area is 97.1 Å². The predicted octanol–water partition coefficient (Wildman–Crippen LogP) is 2.00. The number of nitrogens with zero attached hydrogens (tertiary/aromatic N) is 3. The van der Waals surface area contributed by atoms with Crippen molar-refractivity contribution in [2.24, 2.45) is 11.8 Å². The molecular weight excluding hydrogens is 200 g/mol. The number of nitrogens with one attached hydrogen (secondary N) is 1. The highest BCUT2D eigenvalue weighted by Gasteiger charge is 2.25. The third kappa shape index (κ3) is 2.26. The van der Waals surface area contributed by atoms with Crippen molar-refractivity contribution in [3.05, 3.63) is 12.4 Å². The molecule has 4 nitrogen and oxygen atoms in total. The summed E-state index contributed by atoms with van der Waals surface area (Å²) in [5, 5.41) is 3.02. The Kier molecular flexibility index (Phi) is 3.27. The van der Waals surface area contributed by atoms with Crippen LogP contribution in [0.5, 0.6) is 0 Å². The fourth-order valence-electron chi connectivity index (χ4n) is 2.17. The molecule has 16 heavy (non-hydrogen) atoms. The van der Waals surface area contributed by atoms with E-state index in [1.807, 2.05) is 13.2 Å². The lowest BCUT2D eigenvalue weighted by Crippen LogP contribution is -2.22. The van der Waals surface area contributed by atoms with E-state index < -0.39 is 0 Å². The molecule has 0 saturated carbocycles. The van der Waals surface area contributed by atoms with Crippen molar-refractivity contribution in [1.29, 1.82) is 0 Å². The smallest absolute Gasteiger partial charge is 0.149 e. The summed E-state index contributed by atoms with van der Waals surface area (Å²) in [5.74, 6) is 3.38. The average Bonchev–Trinajstić information content (AvgIpc) is 2.78. The van der Waals surface area contributed by atoms with Gasteiger partial charge in [-0.15, -0.1) is 0 Å². The summed E-state index contributed by atoms with van der Waals surface area (Å²) < 4.78 is 0. The lowest BCUT2D eigenvalue weighted by molar-refractivity contribution is 0.422. The highest BCUT2D eigenvalue weighted by Crippen LogP contribution is 2.27. The third-order valence-corrected chi connectivity index (χ3v) is 3.37. The van der Waals surface area contributed by atoms with Gasteiger partial charge in [0.15, 0.2) is 0 Å². The van der Waals surface area contributed by atoms with Gasteiger partial charge in [0.05, 0.1) is 12.4 Å². The van der Waals surface area contributed by atoms with Crippen LogP contribution in [-0.4, -0.2) is 30.1 Å². The minimum atomic E-state index is 0.755. The highest BCUT2D eigenvalue weighted by molar-refractivity contribution is 5.44. The van der Waals surface area contributed by atoms with Crippen LogP contribution in [0.15, 0.2) is 12.4 Å². The molecule has 1 aliphatic heterocycles. The van der Waals surface area contributed by atoms with Crippen molar-refractivity contribution < 1.29 is 0 Å². The Morgan fingerprint density at radius 2 is 2.25 bits per heavy atom. The Morgan fingerprint density at radius 3 is 2.88 bits per heavy atom. The molecule has 1 fully saturated rings. The van der Waals surface area contributed by atoms with Gasteiger partial charge in [-0.25, -0.2) is 4.98 Å². The van der Waals surface area contributed by atoms with Gasteiger partial charge in [-0.05, 0) is 18.3 Å². The Hall–Kier alpha value is -1.32. The molecule has 0 aromatic carbocycles. The zero-order valence-electron chi connectivity index (χ0n) is 10.3. The first-order valence-electron chi connectivity index (χ1n) is 5.95. The Balaban J connectivity index is 2.08. The van der Waals surface area contributed by atoms with Gasteiger partial charge >= 0.3 is 0 Å². The number of rotatable bonds is 3. The number of aromatic nitrogens is 2. The average molecular weight is 220 g/mol. The fraction of sp³-hybridized carbons (Fsp3) is 0.667. The monoisotopic (exact) mass is 220 g/mol. The highest BCUT2D eigenvalue weighted by atomic mass is 15.2. The van der Waals surface area contributed by atoms with Crippen LogP contribution in [0, 0.1) is 11.8 Å². The normalized spacial score (nSPS) is 20.5. The third-order valence-electron chi connectivity index (χ3n) is 3.37. The fourth-order valence-corrected chi connectivity index (χ4v) is 2.17. The molecule has 88 valence electrons. The molecule has 1 aromatic rings. The summed E-state index contributed by atoms with van der Waals surface area (Å²) in [7, 11) is 1.87. The predicted molar refractivity (Wildman–Crippen MR) is 66.7 cm³/mol. The maximum absolute atomic E-state index is 4.52. The van der Waals surface area contributed by atoms with Crippen LogP contribution in [0.1, 0.15) is 20.3 Å². The van der Waals surface area contributed by atoms with Gasteiger partial charge in [-0.2, -0.15) is 0 Å². The van der Waals surface area contributed by atoms with E-state index in [1.165, 1.54) is 6.42 Å². The van der Waals surface area contributed by atoms with Crippen LogP contribution in [-0.2, 0) is 0 Å².